The van der Waals surface area contributed by atoms with E-state index in [-0.39, 0.29) is 0 Å². The molecular formula is C7H12N4S2. The summed E-state index contributed by atoms with van der Waals surface area (Å²) < 4.78 is 0.978. The Morgan fingerprint density at radius 1 is 1.62 bits per heavy atom. The van der Waals surface area contributed by atoms with Crippen molar-refractivity contribution in [1.82, 2.24) is 15.5 Å². The normalized spacial score (nSPS) is 22.3. The third-order valence-electron chi connectivity index (χ3n) is 1.99. The van der Waals surface area contributed by atoms with E-state index in [9.17, 15) is 0 Å². The molecule has 1 aliphatic heterocycles. The molecule has 1 aromatic heterocycles. The van der Waals surface area contributed by atoms with Gasteiger partial charge in [-0.1, -0.05) is 23.1 Å². The Bertz CT molecular complexity index is 269. The van der Waals surface area contributed by atoms with Gasteiger partial charge in [0.1, 0.15) is 0 Å². The number of nitrogens with two attached hydrogens (primary N) is 1. The van der Waals surface area contributed by atoms with Crippen LogP contribution in [0.1, 0.15) is 12.8 Å². The summed E-state index contributed by atoms with van der Waals surface area (Å²) in [6, 6.07) is 0.648. The Kier molecular flexibility index (Phi) is 3.02. The largest absolute Gasteiger partial charge is 0.374 e. The third-order valence-corrected chi connectivity index (χ3v) is 4.04. The fourth-order valence-electron chi connectivity index (χ4n) is 1.35. The predicted molar refractivity (Wildman–Crippen MR) is 56.1 cm³/mol. The smallest absolute Gasteiger partial charge is 0.203 e. The molecule has 0 radical (unpaired) electrons. The quantitative estimate of drug-likeness (QED) is 0.737. The first-order valence-electron chi connectivity index (χ1n) is 4.30. The van der Waals surface area contributed by atoms with Crippen LogP contribution in [0.5, 0.6) is 0 Å². The van der Waals surface area contributed by atoms with Crippen LogP contribution in [-0.4, -0.2) is 28.5 Å². The van der Waals surface area contributed by atoms with Crippen molar-refractivity contribution in [2.45, 2.75) is 23.2 Å². The number of hydrogen-bond donors (Lipinski definition) is 2. The van der Waals surface area contributed by atoms with Crippen LogP contribution >= 0.6 is 23.1 Å². The second-order valence-corrected chi connectivity index (χ2v) is 5.29. The summed E-state index contributed by atoms with van der Waals surface area (Å²) in [5.41, 5.74) is 5.48. The number of thioether (sulfide) groups is 1. The Hall–Kier alpha value is -0.330. The topological polar surface area (TPSA) is 63.8 Å². The lowest BCUT2D eigenvalue weighted by Gasteiger charge is -2.06. The van der Waals surface area contributed by atoms with Gasteiger partial charge in [0.2, 0.25) is 5.13 Å². The SMILES string of the molecule is Nc1nnc(SC[C@@H]2CCCN2)s1. The third kappa shape index (κ3) is 2.55. The molecular weight excluding hydrogens is 204 g/mol. The van der Waals surface area contributed by atoms with E-state index in [1.165, 1.54) is 24.2 Å². The van der Waals surface area contributed by atoms with Crippen molar-refractivity contribution >= 4 is 28.2 Å². The van der Waals surface area contributed by atoms with Gasteiger partial charge in [-0.25, -0.2) is 0 Å². The molecule has 4 nitrogen and oxygen atoms in total. The summed E-state index contributed by atoms with van der Waals surface area (Å²) in [5.74, 6) is 1.08. The van der Waals surface area contributed by atoms with Gasteiger partial charge in [-0.05, 0) is 19.4 Å². The first kappa shape index (κ1) is 9.23. The van der Waals surface area contributed by atoms with E-state index in [2.05, 4.69) is 15.5 Å². The molecule has 1 aromatic rings. The average molecular weight is 216 g/mol. The van der Waals surface area contributed by atoms with Gasteiger partial charge in [0.15, 0.2) is 4.34 Å². The van der Waals surface area contributed by atoms with Crippen LogP contribution in [0.4, 0.5) is 5.13 Å². The first-order chi connectivity index (χ1) is 6.34. The van der Waals surface area contributed by atoms with Crippen LogP contribution < -0.4 is 11.1 Å². The average Bonchev–Trinajstić information content (AvgIpc) is 2.71. The maximum atomic E-state index is 5.48. The summed E-state index contributed by atoms with van der Waals surface area (Å²) in [7, 11) is 0. The number of nitrogens with one attached hydrogen (secondary N) is 1. The molecule has 3 N–H and O–H groups in total. The van der Waals surface area contributed by atoms with Crippen molar-refractivity contribution in [1.29, 1.82) is 0 Å². The Balaban J connectivity index is 1.78. The second-order valence-electron chi connectivity index (χ2n) is 3.01. The van der Waals surface area contributed by atoms with E-state index in [0.29, 0.717) is 11.2 Å². The lowest BCUT2D eigenvalue weighted by Crippen LogP contribution is -2.23. The van der Waals surface area contributed by atoms with Crippen molar-refractivity contribution in [2.75, 3.05) is 18.0 Å². The number of nitrogens with zero attached hydrogens (tertiary/aromatic N) is 2. The lowest BCUT2D eigenvalue weighted by atomic mass is 10.3. The molecule has 0 spiro atoms. The number of aromatic nitrogens is 2. The van der Waals surface area contributed by atoms with Gasteiger partial charge in [0.05, 0.1) is 0 Å². The number of nitrogen functional groups attached to an aromatic ring is 1. The van der Waals surface area contributed by atoms with E-state index >= 15 is 0 Å². The zero-order chi connectivity index (χ0) is 9.10. The zero-order valence-electron chi connectivity index (χ0n) is 7.19. The van der Waals surface area contributed by atoms with Crippen molar-refractivity contribution in [3.63, 3.8) is 0 Å². The molecule has 0 saturated carbocycles. The van der Waals surface area contributed by atoms with Crippen LogP contribution in [0.2, 0.25) is 0 Å². The monoisotopic (exact) mass is 216 g/mol. The molecule has 13 heavy (non-hydrogen) atoms. The van der Waals surface area contributed by atoms with E-state index in [0.717, 1.165) is 16.6 Å². The minimum atomic E-state index is 0.557. The van der Waals surface area contributed by atoms with Crippen LogP contribution in [0, 0.1) is 0 Å². The van der Waals surface area contributed by atoms with Crippen LogP contribution in [0.15, 0.2) is 4.34 Å². The lowest BCUT2D eigenvalue weighted by molar-refractivity contribution is 0.674. The van der Waals surface area contributed by atoms with Gasteiger partial charge in [0.25, 0.3) is 0 Å². The van der Waals surface area contributed by atoms with Crippen molar-refractivity contribution in [3.8, 4) is 0 Å². The fraction of sp³-hybridized carbons (Fsp3) is 0.714. The molecule has 72 valence electrons. The molecule has 1 aliphatic rings. The Morgan fingerprint density at radius 3 is 3.15 bits per heavy atom. The Labute approximate surface area is 85.3 Å². The van der Waals surface area contributed by atoms with Gasteiger partial charge < -0.3 is 11.1 Å². The highest BCUT2D eigenvalue weighted by molar-refractivity contribution is 8.01. The molecule has 0 unspecified atom stereocenters. The summed E-state index contributed by atoms with van der Waals surface area (Å²) in [4.78, 5) is 0. The van der Waals surface area contributed by atoms with Crippen LogP contribution in [-0.2, 0) is 0 Å². The fourth-order valence-corrected chi connectivity index (χ4v) is 3.11. The summed E-state index contributed by atoms with van der Waals surface area (Å²) in [5, 5.41) is 11.7. The van der Waals surface area contributed by atoms with Gasteiger partial charge >= 0.3 is 0 Å². The minimum absolute atomic E-state index is 0.557. The minimum Gasteiger partial charge on any atom is -0.374 e. The van der Waals surface area contributed by atoms with Gasteiger partial charge in [0, 0.05) is 11.8 Å². The number of hydrogen-bond acceptors (Lipinski definition) is 6. The zero-order valence-corrected chi connectivity index (χ0v) is 8.83. The molecule has 2 rings (SSSR count). The highest BCUT2D eigenvalue weighted by atomic mass is 32.2. The van der Waals surface area contributed by atoms with Crippen LogP contribution in [0.25, 0.3) is 0 Å². The van der Waals surface area contributed by atoms with E-state index in [1.807, 2.05) is 0 Å². The standard InChI is InChI=1S/C7H12N4S2/c8-6-10-11-7(13-6)12-4-5-2-1-3-9-5/h5,9H,1-4H2,(H2,8,10)/t5-/m0/s1. The maximum Gasteiger partial charge on any atom is 0.203 e. The van der Waals surface area contributed by atoms with E-state index in [4.69, 9.17) is 5.73 Å². The molecule has 2 heterocycles. The van der Waals surface area contributed by atoms with E-state index in [1.54, 1.807) is 11.8 Å². The summed E-state index contributed by atoms with van der Waals surface area (Å²) >= 11 is 3.20. The number of anilines is 1. The van der Waals surface area contributed by atoms with Crippen molar-refractivity contribution < 1.29 is 0 Å². The van der Waals surface area contributed by atoms with E-state index < -0.39 is 0 Å². The highest BCUT2D eigenvalue weighted by Crippen LogP contribution is 2.25. The molecule has 0 bridgehead atoms. The predicted octanol–water partition coefficient (Wildman–Crippen LogP) is 0.964. The first-order valence-corrected chi connectivity index (χ1v) is 6.10. The maximum absolute atomic E-state index is 5.48. The molecule has 0 aliphatic carbocycles. The summed E-state index contributed by atoms with van der Waals surface area (Å²) in [6.45, 7) is 1.16. The second kappa shape index (κ2) is 4.26. The van der Waals surface area contributed by atoms with Gasteiger partial charge in [-0.15, -0.1) is 10.2 Å². The van der Waals surface area contributed by atoms with Gasteiger partial charge in [-0.2, -0.15) is 0 Å². The Morgan fingerprint density at radius 2 is 2.54 bits per heavy atom. The van der Waals surface area contributed by atoms with Crippen molar-refractivity contribution in [3.05, 3.63) is 0 Å². The molecule has 1 saturated heterocycles. The molecule has 0 aromatic carbocycles. The molecule has 0 amide bonds. The van der Waals surface area contributed by atoms with Crippen LogP contribution in [0.3, 0.4) is 0 Å². The summed E-state index contributed by atoms with van der Waals surface area (Å²) in [6.07, 6.45) is 2.57. The highest BCUT2D eigenvalue weighted by Gasteiger charge is 2.14. The van der Waals surface area contributed by atoms with Gasteiger partial charge in [-0.3, -0.25) is 0 Å². The molecule has 6 heteroatoms. The van der Waals surface area contributed by atoms with Crippen molar-refractivity contribution in [2.24, 2.45) is 0 Å². The molecule has 1 fully saturated rings. The molecule has 1 atom stereocenters. The number of rotatable bonds is 3.